The van der Waals surface area contributed by atoms with Gasteiger partial charge in [-0.05, 0) is 32.1 Å². The predicted octanol–water partition coefficient (Wildman–Crippen LogP) is 1.62. The van der Waals surface area contributed by atoms with Gasteiger partial charge < -0.3 is 19.7 Å². The Labute approximate surface area is 119 Å². The van der Waals surface area contributed by atoms with Gasteiger partial charge in [0, 0.05) is 12.8 Å². The molecule has 1 aliphatic rings. The van der Waals surface area contributed by atoms with Gasteiger partial charge in [-0.1, -0.05) is 20.3 Å². The number of ether oxygens (including phenoxy) is 2. The van der Waals surface area contributed by atoms with Crippen LogP contribution >= 0.6 is 0 Å². The van der Waals surface area contributed by atoms with E-state index in [9.17, 15) is 19.8 Å². The maximum absolute atomic E-state index is 11.8. The molecule has 0 saturated carbocycles. The Morgan fingerprint density at radius 3 is 2.10 bits per heavy atom. The number of aliphatic hydroxyl groups is 2. The lowest BCUT2D eigenvalue weighted by Crippen LogP contribution is -2.59. The lowest BCUT2D eigenvalue weighted by atomic mass is 9.90. The third kappa shape index (κ3) is 3.93. The molecule has 0 aromatic heterocycles. The SMILES string of the molecule is CCCCC1(CC)OC(=O)CCCCC(=O)OC1(O)O. The van der Waals surface area contributed by atoms with Crippen molar-refractivity contribution >= 4 is 11.9 Å². The molecular weight excluding hydrogens is 264 g/mol. The number of esters is 2. The zero-order valence-electron chi connectivity index (χ0n) is 12.2. The second kappa shape index (κ2) is 7.04. The average Bonchev–Trinajstić information content (AvgIpc) is 2.38. The van der Waals surface area contributed by atoms with Crippen molar-refractivity contribution < 1.29 is 29.3 Å². The van der Waals surface area contributed by atoms with Crippen molar-refractivity contribution in [3.63, 3.8) is 0 Å². The molecule has 6 nitrogen and oxygen atoms in total. The second-order valence-electron chi connectivity index (χ2n) is 5.21. The van der Waals surface area contributed by atoms with Gasteiger partial charge in [-0.15, -0.1) is 0 Å². The predicted molar refractivity (Wildman–Crippen MR) is 70.4 cm³/mol. The molecule has 1 unspecified atom stereocenters. The largest absolute Gasteiger partial charge is 0.449 e. The minimum absolute atomic E-state index is 0.0592. The molecule has 116 valence electrons. The first-order chi connectivity index (χ1) is 9.37. The molecule has 1 heterocycles. The quantitative estimate of drug-likeness (QED) is 0.603. The van der Waals surface area contributed by atoms with Crippen LogP contribution in [0.15, 0.2) is 0 Å². The minimum Gasteiger partial charge on any atom is -0.449 e. The summed E-state index contributed by atoms with van der Waals surface area (Å²) in [6.07, 6.45) is 3.00. The van der Waals surface area contributed by atoms with Crippen LogP contribution in [0, 0.1) is 0 Å². The molecule has 1 saturated heterocycles. The van der Waals surface area contributed by atoms with Gasteiger partial charge >= 0.3 is 17.9 Å². The molecule has 1 rings (SSSR count). The number of unbranched alkanes of at least 4 members (excludes halogenated alkanes) is 1. The number of hydrogen-bond acceptors (Lipinski definition) is 6. The minimum atomic E-state index is -2.79. The van der Waals surface area contributed by atoms with E-state index in [1.165, 1.54) is 0 Å². The first-order valence-corrected chi connectivity index (χ1v) is 7.25. The number of carbonyl (C=O) groups excluding carboxylic acids is 2. The van der Waals surface area contributed by atoms with Gasteiger partial charge in [0.1, 0.15) is 0 Å². The van der Waals surface area contributed by atoms with E-state index in [0.29, 0.717) is 19.3 Å². The second-order valence-corrected chi connectivity index (χ2v) is 5.21. The van der Waals surface area contributed by atoms with Crippen LogP contribution in [-0.4, -0.2) is 33.7 Å². The molecule has 2 N–H and O–H groups in total. The van der Waals surface area contributed by atoms with E-state index in [-0.39, 0.29) is 25.7 Å². The molecular formula is C14H24O6. The van der Waals surface area contributed by atoms with Crippen molar-refractivity contribution in [2.24, 2.45) is 0 Å². The average molecular weight is 288 g/mol. The molecule has 0 bridgehead atoms. The Kier molecular flexibility index (Phi) is 5.95. The Morgan fingerprint density at radius 1 is 1.05 bits per heavy atom. The van der Waals surface area contributed by atoms with Crippen LogP contribution in [0.2, 0.25) is 0 Å². The van der Waals surface area contributed by atoms with E-state index >= 15 is 0 Å². The van der Waals surface area contributed by atoms with Gasteiger partial charge in [-0.25, -0.2) is 0 Å². The fourth-order valence-corrected chi connectivity index (χ4v) is 2.33. The van der Waals surface area contributed by atoms with Crippen molar-refractivity contribution in [2.75, 3.05) is 0 Å². The first-order valence-electron chi connectivity index (χ1n) is 7.25. The Hall–Kier alpha value is -1.14. The van der Waals surface area contributed by atoms with Crippen LogP contribution in [0.5, 0.6) is 0 Å². The number of cyclic esters (lactones) is 2. The molecule has 0 amide bonds. The zero-order valence-corrected chi connectivity index (χ0v) is 12.2. The maximum Gasteiger partial charge on any atom is 0.366 e. The molecule has 1 atom stereocenters. The van der Waals surface area contributed by atoms with E-state index < -0.39 is 23.5 Å². The summed E-state index contributed by atoms with van der Waals surface area (Å²) in [6, 6.07) is 0. The summed E-state index contributed by atoms with van der Waals surface area (Å²) < 4.78 is 10.1. The number of hydrogen-bond donors (Lipinski definition) is 2. The third-order valence-corrected chi connectivity index (χ3v) is 3.68. The van der Waals surface area contributed by atoms with E-state index in [1.807, 2.05) is 6.92 Å². The lowest BCUT2D eigenvalue weighted by molar-refractivity contribution is -0.394. The maximum atomic E-state index is 11.8. The fraction of sp³-hybridized carbons (Fsp3) is 0.857. The summed E-state index contributed by atoms with van der Waals surface area (Å²) in [4.78, 5) is 23.4. The Bertz CT molecular complexity index is 352. The zero-order chi connectivity index (χ0) is 15.2. The van der Waals surface area contributed by atoms with Gasteiger partial charge in [0.15, 0.2) is 0 Å². The lowest BCUT2D eigenvalue weighted by Gasteiger charge is -2.41. The summed E-state index contributed by atoms with van der Waals surface area (Å²) in [5, 5.41) is 20.3. The number of carbonyl (C=O) groups is 2. The third-order valence-electron chi connectivity index (χ3n) is 3.68. The van der Waals surface area contributed by atoms with Crippen molar-refractivity contribution in [1.82, 2.24) is 0 Å². The topological polar surface area (TPSA) is 93.1 Å². The first kappa shape index (κ1) is 16.9. The number of rotatable bonds is 4. The van der Waals surface area contributed by atoms with Gasteiger partial charge in [0.2, 0.25) is 5.60 Å². The monoisotopic (exact) mass is 288 g/mol. The highest BCUT2D eigenvalue weighted by atomic mass is 16.8. The molecule has 0 spiro atoms. The van der Waals surface area contributed by atoms with E-state index in [2.05, 4.69) is 0 Å². The normalized spacial score (nSPS) is 27.6. The van der Waals surface area contributed by atoms with Crippen molar-refractivity contribution in [3.8, 4) is 0 Å². The van der Waals surface area contributed by atoms with Crippen LogP contribution in [0.4, 0.5) is 0 Å². The molecule has 1 aliphatic heterocycles. The van der Waals surface area contributed by atoms with Gasteiger partial charge in [0.25, 0.3) is 0 Å². The summed E-state index contributed by atoms with van der Waals surface area (Å²) >= 11 is 0. The van der Waals surface area contributed by atoms with Gasteiger partial charge in [0.05, 0.1) is 0 Å². The molecule has 0 aromatic rings. The summed E-state index contributed by atoms with van der Waals surface area (Å²) in [5.41, 5.74) is -1.60. The van der Waals surface area contributed by atoms with E-state index in [4.69, 9.17) is 9.47 Å². The summed E-state index contributed by atoms with van der Waals surface area (Å²) in [6.45, 7) is 3.61. The molecule has 0 radical (unpaired) electrons. The fourth-order valence-electron chi connectivity index (χ4n) is 2.33. The molecule has 1 fully saturated rings. The Balaban J connectivity index is 3.06. The smallest absolute Gasteiger partial charge is 0.366 e. The van der Waals surface area contributed by atoms with Crippen LogP contribution in [0.1, 0.15) is 65.2 Å². The highest BCUT2D eigenvalue weighted by Gasteiger charge is 2.55. The van der Waals surface area contributed by atoms with Gasteiger partial charge in [-0.3, -0.25) is 9.59 Å². The Morgan fingerprint density at radius 2 is 1.60 bits per heavy atom. The summed E-state index contributed by atoms with van der Waals surface area (Å²) in [7, 11) is 0. The van der Waals surface area contributed by atoms with Gasteiger partial charge in [-0.2, -0.15) is 0 Å². The van der Waals surface area contributed by atoms with Crippen LogP contribution < -0.4 is 0 Å². The summed E-state index contributed by atoms with van der Waals surface area (Å²) in [5.74, 6) is -3.98. The van der Waals surface area contributed by atoms with E-state index in [1.54, 1.807) is 6.92 Å². The van der Waals surface area contributed by atoms with Crippen molar-refractivity contribution in [2.45, 2.75) is 76.8 Å². The van der Waals surface area contributed by atoms with Crippen molar-refractivity contribution in [3.05, 3.63) is 0 Å². The molecule has 0 aliphatic carbocycles. The van der Waals surface area contributed by atoms with Crippen LogP contribution in [0.3, 0.4) is 0 Å². The molecule has 6 heteroatoms. The highest BCUT2D eigenvalue weighted by molar-refractivity contribution is 5.72. The van der Waals surface area contributed by atoms with Crippen LogP contribution in [0.25, 0.3) is 0 Å². The van der Waals surface area contributed by atoms with Crippen molar-refractivity contribution in [1.29, 1.82) is 0 Å². The highest BCUT2D eigenvalue weighted by Crippen LogP contribution is 2.36. The van der Waals surface area contributed by atoms with Crippen LogP contribution in [-0.2, 0) is 19.1 Å². The van der Waals surface area contributed by atoms with E-state index in [0.717, 1.165) is 6.42 Å². The molecule has 20 heavy (non-hydrogen) atoms. The molecule has 0 aromatic carbocycles. The standard InChI is InChI=1S/C14H24O6/c1-3-5-10-13(4-2)14(17,18)20-12(16)9-7-6-8-11(15)19-13/h17-18H,3-10H2,1-2H3.